The Labute approximate surface area is 148 Å². The first-order valence-electron chi connectivity index (χ1n) is 7.79. The van der Waals surface area contributed by atoms with Crippen LogP contribution in [-0.4, -0.2) is 63.1 Å². The molecule has 0 unspecified atom stereocenters. The van der Waals surface area contributed by atoms with E-state index in [0.717, 1.165) is 0 Å². The van der Waals surface area contributed by atoms with Gasteiger partial charge in [-0.15, -0.1) is 0 Å². The summed E-state index contributed by atoms with van der Waals surface area (Å²) in [6.45, 7) is 1.36. The molecule has 5 atom stereocenters. The number of hydrogen-bond donors (Lipinski definition) is 5. The van der Waals surface area contributed by atoms with Crippen molar-refractivity contribution in [1.82, 2.24) is 0 Å². The maximum atomic E-state index is 11.1. The van der Waals surface area contributed by atoms with Crippen molar-refractivity contribution in [1.29, 1.82) is 0 Å². The molecule has 0 aliphatic carbocycles. The van der Waals surface area contributed by atoms with E-state index in [2.05, 4.69) is 0 Å². The zero-order valence-electron chi connectivity index (χ0n) is 13.9. The van der Waals surface area contributed by atoms with Crippen LogP contribution in [-0.2, 0) is 32.2 Å². The summed E-state index contributed by atoms with van der Waals surface area (Å²) in [4.78, 5) is 22.0. The fourth-order valence-corrected chi connectivity index (χ4v) is 2.46. The third-order valence-electron chi connectivity index (χ3n) is 3.84. The molecule has 10 nitrogen and oxygen atoms in total. The van der Waals surface area contributed by atoms with Crippen LogP contribution in [0.1, 0.15) is 18.1 Å². The van der Waals surface area contributed by atoms with Crippen molar-refractivity contribution in [3.05, 3.63) is 29.3 Å². The van der Waals surface area contributed by atoms with Crippen LogP contribution in [0.3, 0.4) is 0 Å². The molecule has 26 heavy (non-hydrogen) atoms. The zero-order chi connectivity index (χ0) is 19.4. The van der Waals surface area contributed by atoms with E-state index in [1.807, 2.05) is 0 Å². The Morgan fingerprint density at radius 2 is 1.88 bits per heavy atom. The van der Waals surface area contributed by atoms with Gasteiger partial charge in [-0.2, -0.15) is 0 Å². The molecule has 6 N–H and O–H groups in total. The average molecular weight is 371 g/mol. The SMILES string of the molecule is CC(=O)OCc1ccc(O[C@@H]2O[C@H](C(=O)O)[C@@H](O)[C@H](O)[C@H]2O)c(CN)c1. The molecule has 1 fully saturated rings. The maximum Gasteiger partial charge on any atom is 0.335 e. The highest BCUT2D eigenvalue weighted by molar-refractivity contribution is 5.73. The van der Waals surface area contributed by atoms with Gasteiger partial charge in [-0.1, -0.05) is 6.07 Å². The summed E-state index contributed by atoms with van der Waals surface area (Å²) in [6, 6.07) is 4.70. The summed E-state index contributed by atoms with van der Waals surface area (Å²) < 4.78 is 15.4. The van der Waals surface area contributed by atoms with Gasteiger partial charge >= 0.3 is 11.9 Å². The Balaban J connectivity index is 2.18. The van der Waals surface area contributed by atoms with Crippen LogP contribution in [0.25, 0.3) is 0 Å². The Hall–Kier alpha value is -2.24. The molecule has 0 spiro atoms. The molecule has 1 saturated heterocycles. The Kier molecular flexibility index (Phi) is 6.51. The van der Waals surface area contributed by atoms with E-state index in [0.29, 0.717) is 11.1 Å². The number of aliphatic hydroxyl groups excluding tert-OH is 3. The van der Waals surface area contributed by atoms with Gasteiger partial charge in [0.25, 0.3) is 0 Å². The molecule has 0 bridgehead atoms. The third kappa shape index (κ3) is 4.48. The highest BCUT2D eigenvalue weighted by Gasteiger charge is 2.48. The van der Waals surface area contributed by atoms with Crippen molar-refractivity contribution in [3.63, 3.8) is 0 Å². The summed E-state index contributed by atoms with van der Waals surface area (Å²) in [6.07, 6.45) is -8.53. The average Bonchev–Trinajstić information content (AvgIpc) is 2.60. The van der Waals surface area contributed by atoms with Gasteiger partial charge in [0, 0.05) is 19.0 Å². The van der Waals surface area contributed by atoms with Crippen molar-refractivity contribution in [3.8, 4) is 5.75 Å². The second kappa shape index (κ2) is 8.43. The second-order valence-electron chi connectivity index (χ2n) is 5.78. The predicted octanol–water partition coefficient (Wildman–Crippen LogP) is -1.52. The number of esters is 1. The number of carbonyl (C=O) groups is 2. The predicted molar refractivity (Wildman–Crippen MR) is 84.7 cm³/mol. The third-order valence-corrected chi connectivity index (χ3v) is 3.84. The first-order valence-corrected chi connectivity index (χ1v) is 7.79. The molecule has 144 valence electrons. The van der Waals surface area contributed by atoms with Crippen molar-refractivity contribution in [2.45, 2.75) is 50.8 Å². The van der Waals surface area contributed by atoms with Gasteiger partial charge in [0.05, 0.1) is 0 Å². The number of aliphatic hydroxyl groups is 3. The Bertz CT molecular complexity index is 665. The number of carboxylic acids is 1. The van der Waals surface area contributed by atoms with E-state index < -0.39 is 42.6 Å². The number of benzene rings is 1. The van der Waals surface area contributed by atoms with Gasteiger partial charge in [-0.05, 0) is 17.7 Å². The van der Waals surface area contributed by atoms with E-state index in [4.69, 9.17) is 25.1 Å². The summed E-state index contributed by atoms with van der Waals surface area (Å²) in [5.74, 6) is -1.76. The molecule has 1 aliphatic heterocycles. The standard InChI is InChI=1S/C16H21NO9/c1-7(18)24-6-8-2-3-10(9(4-8)5-17)25-16-13(21)11(19)12(20)14(26-16)15(22)23/h2-4,11-14,16,19-21H,5-6,17H2,1H3,(H,22,23)/t11-,12-,13+,14-,16+/m0/s1. The van der Waals surface area contributed by atoms with Gasteiger partial charge in [-0.3, -0.25) is 4.79 Å². The molecule has 2 rings (SSSR count). The molecular formula is C16H21NO9. The number of ether oxygens (including phenoxy) is 3. The van der Waals surface area contributed by atoms with Crippen molar-refractivity contribution in [2.24, 2.45) is 5.73 Å². The summed E-state index contributed by atoms with van der Waals surface area (Å²) >= 11 is 0. The van der Waals surface area contributed by atoms with Gasteiger partial charge in [0.2, 0.25) is 6.29 Å². The molecule has 10 heteroatoms. The number of rotatable bonds is 6. The molecule has 0 radical (unpaired) electrons. The maximum absolute atomic E-state index is 11.1. The molecule has 0 aromatic heterocycles. The quantitative estimate of drug-likeness (QED) is 0.370. The Morgan fingerprint density at radius 3 is 2.46 bits per heavy atom. The monoisotopic (exact) mass is 371 g/mol. The number of carbonyl (C=O) groups excluding carboxylic acids is 1. The van der Waals surface area contributed by atoms with Gasteiger partial charge in [-0.25, -0.2) is 4.79 Å². The lowest BCUT2D eigenvalue weighted by Gasteiger charge is -2.38. The molecule has 1 heterocycles. The summed E-state index contributed by atoms with van der Waals surface area (Å²) in [7, 11) is 0. The van der Waals surface area contributed by atoms with Crippen molar-refractivity contribution < 1.29 is 44.2 Å². The second-order valence-corrected chi connectivity index (χ2v) is 5.78. The number of carboxylic acid groups (broad SMARTS) is 1. The van der Waals surface area contributed by atoms with Crippen molar-refractivity contribution in [2.75, 3.05) is 0 Å². The van der Waals surface area contributed by atoms with E-state index in [-0.39, 0.29) is 18.9 Å². The van der Waals surface area contributed by atoms with E-state index in [9.17, 15) is 24.9 Å². The van der Waals surface area contributed by atoms with E-state index in [1.54, 1.807) is 12.1 Å². The minimum Gasteiger partial charge on any atom is -0.479 e. The number of aliphatic carboxylic acids is 1. The van der Waals surface area contributed by atoms with Gasteiger partial charge in [0.1, 0.15) is 30.7 Å². The molecule has 1 aromatic rings. The zero-order valence-corrected chi connectivity index (χ0v) is 13.9. The first-order chi connectivity index (χ1) is 12.2. The Morgan fingerprint density at radius 1 is 1.19 bits per heavy atom. The fourth-order valence-electron chi connectivity index (χ4n) is 2.46. The largest absolute Gasteiger partial charge is 0.479 e. The van der Waals surface area contributed by atoms with Crippen LogP contribution in [0.15, 0.2) is 18.2 Å². The minimum atomic E-state index is -1.80. The summed E-state index contributed by atoms with van der Waals surface area (Å²) in [5, 5.41) is 38.5. The lowest BCUT2D eigenvalue weighted by atomic mass is 9.99. The highest BCUT2D eigenvalue weighted by Crippen LogP contribution is 2.27. The highest BCUT2D eigenvalue weighted by atomic mass is 16.7. The normalized spacial score (nSPS) is 28.4. The van der Waals surface area contributed by atoms with E-state index >= 15 is 0 Å². The van der Waals surface area contributed by atoms with Crippen LogP contribution in [0.2, 0.25) is 0 Å². The van der Waals surface area contributed by atoms with Gasteiger partial charge in [0.15, 0.2) is 6.10 Å². The molecular weight excluding hydrogens is 350 g/mol. The van der Waals surface area contributed by atoms with Crippen LogP contribution in [0, 0.1) is 0 Å². The lowest BCUT2D eigenvalue weighted by Crippen LogP contribution is -2.61. The van der Waals surface area contributed by atoms with Crippen LogP contribution in [0.4, 0.5) is 0 Å². The molecule has 0 amide bonds. The van der Waals surface area contributed by atoms with Crippen LogP contribution in [0.5, 0.6) is 5.75 Å². The molecule has 1 aliphatic rings. The minimum absolute atomic E-state index is 0.0389. The summed E-state index contributed by atoms with van der Waals surface area (Å²) in [5.41, 5.74) is 6.80. The lowest BCUT2D eigenvalue weighted by molar-refractivity contribution is -0.271. The first kappa shape index (κ1) is 20.1. The van der Waals surface area contributed by atoms with Crippen molar-refractivity contribution >= 4 is 11.9 Å². The number of nitrogens with two attached hydrogens (primary N) is 1. The molecule has 0 saturated carbocycles. The van der Waals surface area contributed by atoms with Crippen LogP contribution < -0.4 is 10.5 Å². The fraction of sp³-hybridized carbons (Fsp3) is 0.500. The smallest absolute Gasteiger partial charge is 0.335 e. The van der Waals surface area contributed by atoms with Gasteiger partial charge < -0.3 is 40.4 Å². The topological polar surface area (TPSA) is 169 Å². The molecule has 1 aromatic carbocycles. The van der Waals surface area contributed by atoms with E-state index in [1.165, 1.54) is 13.0 Å². The number of hydrogen-bond acceptors (Lipinski definition) is 9. The van der Waals surface area contributed by atoms with Crippen LogP contribution >= 0.6 is 0 Å².